The predicted octanol–water partition coefficient (Wildman–Crippen LogP) is 11.6. The van der Waals surface area contributed by atoms with E-state index in [1.54, 1.807) is 19.9 Å². The average molecular weight is 800 g/mol. The van der Waals surface area contributed by atoms with Gasteiger partial charge in [0.2, 0.25) is 5.69 Å². The summed E-state index contributed by atoms with van der Waals surface area (Å²) in [5.41, 5.74) is 7.90. The van der Waals surface area contributed by atoms with E-state index in [0.717, 1.165) is 79.3 Å². The topological polar surface area (TPSA) is 94.8 Å². The maximum atomic E-state index is 11.9. The Morgan fingerprint density at radius 2 is 1.33 bits per heavy atom. The van der Waals surface area contributed by atoms with E-state index in [4.69, 9.17) is 0 Å². The highest BCUT2D eigenvalue weighted by atomic mass is 32.2. The van der Waals surface area contributed by atoms with Crippen molar-refractivity contribution in [1.29, 1.82) is 0 Å². The highest BCUT2D eigenvalue weighted by molar-refractivity contribution is 7.85. The number of ketones is 2. The van der Waals surface area contributed by atoms with Crippen molar-refractivity contribution < 1.29 is 27.1 Å². The van der Waals surface area contributed by atoms with E-state index in [-0.39, 0.29) is 27.3 Å². The number of nitrogens with zero attached hydrogens (tertiary/aromatic N) is 2. The Balaban J connectivity index is 1.26. The number of aryl methyl sites for hydroxylation is 1. The number of rotatable bonds is 17. The summed E-state index contributed by atoms with van der Waals surface area (Å²) < 4.78 is 36.1. The second-order valence-electron chi connectivity index (χ2n) is 17.1. The molecule has 0 amide bonds. The van der Waals surface area contributed by atoms with E-state index in [1.807, 2.05) is 6.07 Å². The number of unbranched alkanes of at least 4 members (excludes halogenated alkanes) is 4. The fraction of sp³-hybridized carbons (Fsp3) is 0.380. The zero-order valence-electron chi connectivity index (χ0n) is 35.3. The molecule has 2 heterocycles. The van der Waals surface area contributed by atoms with Gasteiger partial charge in [0.05, 0.1) is 10.3 Å². The Bertz CT molecular complexity index is 2520. The quantitative estimate of drug-likeness (QED) is 0.0495. The molecule has 0 spiro atoms. The third-order valence-electron chi connectivity index (χ3n) is 11.9. The molecule has 8 heteroatoms. The van der Waals surface area contributed by atoms with Crippen LogP contribution in [0.5, 0.6) is 0 Å². The van der Waals surface area contributed by atoms with Gasteiger partial charge in [-0.15, -0.1) is 0 Å². The van der Waals surface area contributed by atoms with Crippen molar-refractivity contribution >= 4 is 60.3 Å². The van der Waals surface area contributed by atoms with Crippen LogP contribution in [0, 0.1) is 6.92 Å². The van der Waals surface area contributed by atoms with Gasteiger partial charge in [0.15, 0.2) is 5.71 Å². The van der Waals surface area contributed by atoms with Crippen LogP contribution in [0.25, 0.3) is 21.5 Å². The molecule has 4 aromatic carbocycles. The molecule has 0 aliphatic carbocycles. The van der Waals surface area contributed by atoms with Crippen LogP contribution < -0.4 is 4.90 Å². The number of carbonyl (C=O) groups excluding carboxylic acids is 2. The number of fused-ring (bicyclic) bond motifs is 6. The predicted molar refractivity (Wildman–Crippen MR) is 239 cm³/mol. The van der Waals surface area contributed by atoms with Gasteiger partial charge < -0.3 is 14.5 Å². The van der Waals surface area contributed by atoms with E-state index in [9.17, 15) is 22.6 Å². The normalized spacial score (nSPS) is 16.9. The summed E-state index contributed by atoms with van der Waals surface area (Å²) in [6.45, 7) is 16.2. The molecular formula is C50H59N2O5S+. The number of hydrogen-bond donors (Lipinski definition) is 1. The molecule has 2 aliphatic heterocycles. The Labute approximate surface area is 345 Å². The largest absolute Gasteiger partial charge is 0.344 e. The molecule has 0 atom stereocenters. The van der Waals surface area contributed by atoms with Crippen molar-refractivity contribution in [3.8, 4) is 0 Å². The first-order valence-corrected chi connectivity index (χ1v) is 22.2. The third-order valence-corrected chi connectivity index (χ3v) is 12.7. The first-order valence-electron chi connectivity index (χ1n) is 20.7. The lowest BCUT2D eigenvalue weighted by Crippen LogP contribution is -2.28. The van der Waals surface area contributed by atoms with Crippen molar-refractivity contribution in [1.82, 2.24) is 0 Å². The summed E-state index contributed by atoms with van der Waals surface area (Å²) in [5.74, 6) is 0.465. The summed E-state index contributed by atoms with van der Waals surface area (Å²) in [6.07, 6.45) is 21.7. The molecule has 0 saturated heterocycles. The number of Topliss-reactive ketones (excluding diaryl/α,β-unsaturated/α-hetero) is 2. The number of anilines is 1. The van der Waals surface area contributed by atoms with Gasteiger partial charge in [0, 0.05) is 60.3 Å². The molecule has 304 valence electrons. The molecule has 0 radical (unpaired) electrons. The van der Waals surface area contributed by atoms with Crippen molar-refractivity contribution in [3.63, 3.8) is 0 Å². The van der Waals surface area contributed by atoms with Crippen LogP contribution >= 0.6 is 0 Å². The van der Waals surface area contributed by atoms with E-state index in [2.05, 4.69) is 123 Å². The molecule has 0 saturated carbocycles. The summed E-state index contributed by atoms with van der Waals surface area (Å²) in [4.78, 5) is 25.4. The van der Waals surface area contributed by atoms with Gasteiger partial charge >= 0.3 is 0 Å². The van der Waals surface area contributed by atoms with Gasteiger partial charge in [-0.05, 0) is 118 Å². The van der Waals surface area contributed by atoms with Crippen LogP contribution in [-0.2, 0) is 30.5 Å². The Morgan fingerprint density at radius 3 is 2.03 bits per heavy atom. The molecule has 0 aromatic heterocycles. The van der Waals surface area contributed by atoms with Gasteiger partial charge in [0.1, 0.15) is 18.1 Å². The van der Waals surface area contributed by atoms with E-state index >= 15 is 0 Å². The second kappa shape index (κ2) is 17.5. The number of benzene rings is 4. The van der Waals surface area contributed by atoms with Gasteiger partial charge in [-0.3, -0.25) is 4.55 Å². The Kier molecular flexibility index (Phi) is 12.9. The van der Waals surface area contributed by atoms with Crippen molar-refractivity contribution in [2.24, 2.45) is 0 Å². The van der Waals surface area contributed by atoms with Crippen molar-refractivity contribution in [3.05, 3.63) is 126 Å². The zero-order valence-corrected chi connectivity index (χ0v) is 36.1. The Hall–Kier alpha value is -4.92. The smallest absolute Gasteiger partial charge is 0.294 e. The van der Waals surface area contributed by atoms with Gasteiger partial charge in [-0.1, -0.05) is 86.5 Å². The molecule has 0 fully saturated rings. The lowest BCUT2D eigenvalue weighted by Gasteiger charge is -2.27. The molecular weight excluding hydrogens is 741 g/mol. The molecule has 0 bridgehead atoms. The lowest BCUT2D eigenvalue weighted by molar-refractivity contribution is -0.438. The van der Waals surface area contributed by atoms with Crippen molar-refractivity contribution in [2.45, 2.75) is 116 Å². The zero-order chi connectivity index (χ0) is 41.8. The molecule has 58 heavy (non-hydrogen) atoms. The SMILES string of the molecule is CC(=O)CCCCCN1/C(=C/C=C/C=C/C=C/C2=[N+](CCCCCC(C)=O)c3ccc4cc(C)ccc4c3C2(C)C)C(C)(C)c2c1ccc1cc(S(=O)(=O)O)ccc21. The minimum atomic E-state index is -4.33. The average Bonchev–Trinajstić information content (AvgIpc) is 3.51. The summed E-state index contributed by atoms with van der Waals surface area (Å²) in [7, 11) is -4.33. The lowest BCUT2D eigenvalue weighted by atomic mass is 9.79. The van der Waals surface area contributed by atoms with Crippen LogP contribution in [-0.4, -0.2) is 47.9 Å². The van der Waals surface area contributed by atoms with Crippen LogP contribution in [0.15, 0.2) is 114 Å². The second-order valence-corrected chi connectivity index (χ2v) is 18.6. The first-order chi connectivity index (χ1) is 27.5. The fourth-order valence-electron chi connectivity index (χ4n) is 9.05. The molecule has 1 N–H and O–H groups in total. The molecule has 7 nitrogen and oxygen atoms in total. The first kappa shape index (κ1) is 42.7. The summed E-state index contributed by atoms with van der Waals surface area (Å²) in [6, 6.07) is 20.1. The molecule has 2 aliphatic rings. The number of carbonyl (C=O) groups is 2. The minimum absolute atomic E-state index is 0.116. The fourth-order valence-corrected chi connectivity index (χ4v) is 9.57. The standard InChI is InChI=1S/C50H58N2O5S/c1-35-23-27-41-38(33-35)24-29-43-47(41)49(4,5)45(51(43)31-17-11-13-19-36(2)53)21-15-9-8-10-16-22-46-50(6,7)48-42-28-26-40(58(55,56)57)34-39(42)25-30-44(48)52(46)32-18-12-14-20-37(3)54/h8-10,15-16,21-30,33-34H,11-14,17-20,31-32H2,1-7H3/p+1. The van der Waals surface area contributed by atoms with Crippen molar-refractivity contribution in [2.75, 3.05) is 18.0 Å². The van der Waals surface area contributed by atoms with Crippen LogP contribution in [0.4, 0.5) is 11.4 Å². The number of allylic oxidation sites excluding steroid dienone is 8. The third kappa shape index (κ3) is 9.03. The van der Waals surface area contributed by atoms with Gasteiger partial charge in [-0.25, -0.2) is 0 Å². The van der Waals surface area contributed by atoms with E-state index < -0.39 is 10.1 Å². The maximum absolute atomic E-state index is 11.9. The van der Waals surface area contributed by atoms with E-state index in [0.29, 0.717) is 12.8 Å². The minimum Gasteiger partial charge on any atom is -0.344 e. The highest BCUT2D eigenvalue weighted by Crippen LogP contribution is 2.51. The van der Waals surface area contributed by atoms with Gasteiger partial charge in [-0.2, -0.15) is 13.0 Å². The maximum Gasteiger partial charge on any atom is 0.294 e. The summed E-state index contributed by atoms with van der Waals surface area (Å²) >= 11 is 0. The molecule has 0 unspecified atom stereocenters. The molecule has 6 rings (SSSR count). The molecule has 4 aromatic rings. The Morgan fingerprint density at radius 1 is 0.707 bits per heavy atom. The van der Waals surface area contributed by atoms with E-state index in [1.165, 1.54) is 45.4 Å². The highest BCUT2D eigenvalue weighted by Gasteiger charge is 2.45. The van der Waals surface area contributed by atoms with Crippen LogP contribution in [0.1, 0.15) is 110 Å². The monoisotopic (exact) mass is 799 g/mol. The van der Waals surface area contributed by atoms with Crippen LogP contribution in [0.3, 0.4) is 0 Å². The van der Waals surface area contributed by atoms with Crippen LogP contribution in [0.2, 0.25) is 0 Å². The van der Waals surface area contributed by atoms with Gasteiger partial charge in [0.25, 0.3) is 10.1 Å². The summed E-state index contributed by atoms with van der Waals surface area (Å²) in [5, 5.41) is 4.27. The number of hydrogen-bond acceptors (Lipinski definition) is 5.